The number of allylic oxidation sites excluding steroid dienone is 4. The second-order valence-electron chi connectivity index (χ2n) is 7.38. The maximum atomic E-state index is 14.5. The number of benzene rings is 2. The van der Waals surface area contributed by atoms with E-state index in [0.29, 0.717) is 6.42 Å². The fraction of sp³-hybridized carbons (Fsp3) is 0.217. The Labute approximate surface area is 194 Å². The van der Waals surface area contributed by atoms with Crippen molar-refractivity contribution >= 4 is 27.5 Å². The van der Waals surface area contributed by atoms with Gasteiger partial charge in [-0.2, -0.15) is 13.2 Å². The number of nitrogens with zero attached hydrogens (tertiary/aromatic N) is 1. The van der Waals surface area contributed by atoms with Gasteiger partial charge in [-0.15, -0.1) is 6.58 Å². The number of halogens is 4. The second-order valence-corrected chi connectivity index (χ2v) is 10.3. The molecule has 0 bridgehead atoms. The zero-order valence-electron chi connectivity index (χ0n) is 17.6. The van der Waals surface area contributed by atoms with Crippen LogP contribution in [0.25, 0.3) is 0 Å². The van der Waals surface area contributed by atoms with E-state index in [1.165, 1.54) is 34.9 Å². The van der Waals surface area contributed by atoms with Gasteiger partial charge in [0.25, 0.3) is 0 Å². The molecule has 2 aromatic rings. The Morgan fingerprint density at radius 1 is 1.15 bits per heavy atom. The summed E-state index contributed by atoms with van der Waals surface area (Å²) in [6.07, 6.45) is 0.752. The summed E-state index contributed by atoms with van der Waals surface area (Å²) < 4.78 is 81.1. The minimum atomic E-state index is -4.62. The zero-order chi connectivity index (χ0) is 24.2. The van der Waals surface area contributed by atoms with Crippen molar-refractivity contribution in [3.05, 3.63) is 96.0 Å². The topological polar surface area (TPSA) is 49.4 Å². The summed E-state index contributed by atoms with van der Waals surface area (Å²) in [6.45, 7) is 3.47. The summed E-state index contributed by atoms with van der Waals surface area (Å²) in [5.74, 6) is -0.874. The summed E-state index contributed by atoms with van der Waals surface area (Å²) >= 11 is 1.26. The number of rotatable bonds is 8. The lowest BCUT2D eigenvalue weighted by Gasteiger charge is -2.39. The highest BCUT2D eigenvalue weighted by Gasteiger charge is 2.42. The quantitative estimate of drug-likeness (QED) is 0.354. The zero-order valence-corrected chi connectivity index (χ0v) is 19.3. The van der Waals surface area contributed by atoms with Gasteiger partial charge in [-0.05, 0) is 47.9 Å². The maximum Gasteiger partial charge on any atom is 0.431 e. The van der Waals surface area contributed by atoms with Gasteiger partial charge in [-0.25, -0.2) is 12.8 Å². The summed E-state index contributed by atoms with van der Waals surface area (Å²) in [5, 5.41) is -0.705. The van der Waals surface area contributed by atoms with Gasteiger partial charge < -0.3 is 4.90 Å². The first-order valence-electron chi connectivity index (χ1n) is 9.81. The molecule has 1 aliphatic rings. The van der Waals surface area contributed by atoms with Gasteiger partial charge in [0.15, 0.2) is 0 Å². The fourth-order valence-corrected chi connectivity index (χ4v) is 5.13. The van der Waals surface area contributed by atoms with Gasteiger partial charge in [0.1, 0.15) is 16.9 Å². The monoisotopic (exact) mass is 498 g/mol. The fourth-order valence-electron chi connectivity index (χ4n) is 3.35. The number of sulfonamides is 1. The summed E-state index contributed by atoms with van der Waals surface area (Å²) in [6, 6.07) is 12.7. The second kappa shape index (κ2) is 10.0. The first kappa shape index (κ1) is 24.9. The van der Waals surface area contributed by atoms with E-state index in [1.807, 2.05) is 22.9 Å². The van der Waals surface area contributed by atoms with Crippen molar-refractivity contribution in [2.24, 2.45) is 0 Å². The SMILES string of the molecule is C=CCC1=CC=C(C(F)(F)F)N(Cc2ccc(NS(C)(=O)=O)c(F)c2)C1Sc1ccccc1. The number of hydrogen-bond acceptors (Lipinski definition) is 4. The van der Waals surface area contributed by atoms with Gasteiger partial charge in [-0.1, -0.05) is 48.2 Å². The Morgan fingerprint density at radius 3 is 2.42 bits per heavy atom. The van der Waals surface area contributed by atoms with E-state index < -0.39 is 33.1 Å². The average Bonchev–Trinajstić information content (AvgIpc) is 2.71. The highest BCUT2D eigenvalue weighted by molar-refractivity contribution is 8.00. The number of anilines is 1. The predicted molar refractivity (Wildman–Crippen MR) is 124 cm³/mol. The molecule has 1 N–H and O–H groups in total. The molecule has 1 unspecified atom stereocenters. The van der Waals surface area contributed by atoms with Crippen LogP contribution in [0.4, 0.5) is 23.2 Å². The largest absolute Gasteiger partial charge is 0.431 e. The molecule has 0 aliphatic carbocycles. The van der Waals surface area contributed by atoms with Crippen molar-refractivity contribution in [1.82, 2.24) is 4.90 Å². The van der Waals surface area contributed by atoms with Crippen LogP contribution in [0.3, 0.4) is 0 Å². The molecule has 1 atom stereocenters. The summed E-state index contributed by atoms with van der Waals surface area (Å²) in [5.41, 5.74) is -0.126. The third kappa shape index (κ3) is 6.64. The molecule has 0 radical (unpaired) electrons. The van der Waals surface area contributed by atoms with Crippen LogP contribution < -0.4 is 4.72 Å². The van der Waals surface area contributed by atoms with E-state index in [2.05, 4.69) is 6.58 Å². The van der Waals surface area contributed by atoms with Gasteiger partial charge in [0.2, 0.25) is 10.0 Å². The van der Waals surface area contributed by atoms with Crippen molar-refractivity contribution < 1.29 is 26.0 Å². The number of thioether (sulfide) groups is 1. The van der Waals surface area contributed by atoms with Crippen LogP contribution in [0.1, 0.15) is 12.0 Å². The standard InChI is InChI=1S/C23H22F4N2O2S2/c1-3-7-17-11-13-21(23(25,26)27)29(22(17)32-18-8-5-4-6-9-18)15-16-10-12-20(19(24)14-16)28-33(2,30)31/h3-6,8-14,22,28H,1,7,15H2,2H3. The van der Waals surface area contributed by atoms with Crippen LogP contribution in [-0.4, -0.2) is 31.1 Å². The van der Waals surface area contributed by atoms with Crippen molar-refractivity contribution in [2.75, 3.05) is 11.0 Å². The predicted octanol–water partition coefficient (Wildman–Crippen LogP) is 6.08. The normalized spacial score (nSPS) is 16.8. The van der Waals surface area contributed by atoms with E-state index in [1.54, 1.807) is 18.2 Å². The lowest BCUT2D eigenvalue weighted by atomic mass is 10.0. The Kier molecular flexibility index (Phi) is 7.58. The van der Waals surface area contributed by atoms with Crippen molar-refractivity contribution in [2.45, 2.75) is 29.4 Å². The van der Waals surface area contributed by atoms with Gasteiger partial charge in [0.05, 0.1) is 11.9 Å². The molecule has 10 heteroatoms. The molecule has 4 nitrogen and oxygen atoms in total. The highest BCUT2D eigenvalue weighted by atomic mass is 32.2. The molecule has 1 heterocycles. The van der Waals surface area contributed by atoms with E-state index >= 15 is 0 Å². The van der Waals surface area contributed by atoms with E-state index in [-0.39, 0.29) is 17.8 Å². The van der Waals surface area contributed by atoms with Crippen LogP contribution in [0.5, 0.6) is 0 Å². The summed E-state index contributed by atoms with van der Waals surface area (Å²) in [7, 11) is -3.70. The molecule has 176 valence electrons. The molecule has 0 amide bonds. The minimum Gasteiger partial charge on any atom is -0.347 e. The van der Waals surface area contributed by atoms with E-state index in [4.69, 9.17) is 0 Å². The Hall–Kier alpha value is -2.72. The van der Waals surface area contributed by atoms with Crippen molar-refractivity contribution in [1.29, 1.82) is 0 Å². The third-order valence-electron chi connectivity index (χ3n) is 4.71. The highest BCUT2D eigenvalue weighted by Crippen LogP contribution is 2.42. The molecule has 0 saturated heterocycles. The molecule has 1 aliphatic heterocycles. The van der Waals surface area contributed by atoms with Crippen LogP contribution in [-0.2, 0) is 16.6 Å². The third-order valence-corrected chi connectivity index (χ3v) is 6.62. The maximum absolute atomic E-state index is 14.5. The summed E-state index contributed by atoms with van der Waals surface area (Å²) in [4.78, 5) is 1.97. The van der Waals surface area contributed by atoms with Gasteiger partial charge >= 0.3 is 6.18 Å². The molecule has 33 heavy (non-hydrogen) atoms. The number of nitrogens with one attached hydrogen (secondary N) is 1. The lowest BCUT2D eigenvalue weighted by molar-refractivity contribution is -0.113. The first-order valence-corrected chi connectivity index (χ1v) is 12.6. The van der Waals surface area contributed by atoms with Crippen molar-refractivity contribution in [3.8, 4) is 0 Å². The van der Waals surface area contributed by atoms with Crippen LogP contribution in [0, 0.1) is 5.82 Å². The average molecular weight is 499 g/mol. The van der Waals surface area contributed by atoms with Gasteiger partial charge in [0, 0.05) is 11.4 Å². The molecular weight excluding hydrogens is 476 g/mol. The van der Waals surface area contributed by atoms with Gasteiger partial charge in [-0.3, -0.25) is 4.72 Å². The molecule has 2 aromatic carbocycles. The van der Waals surface area contributed by atoms with Crippen LogP contribution >= 0.6 is 11.8 Å². The van der Waals surface area contributed by atoms with Crippen LogP contribution in [0.15, 0.2) is 89.5 Å². The van der Waals surface area contributed by atoms with E-state index in [9.17, 15) is 26.0 Å². The Balaban J connectivity index is 1.99. The van der Waals surface area contributed by atoms with E-state index in [0.717, 1.165) is 28.9 Å². The molecule has 0 saturated carbocycles. The smallest absolute Gasteiger partial charge is 0.347 e. The molecule has 0 fully saturated rings. The number of hydrogen-bond donors (Lipinski definition) is 1. The molecule has 0 spiro atoms. The van der Waals surface area contributed by atoms with Crippen molar-refractivity contribution in [3.63, 3.8) is 0 Å². The minimum absolute atomic E-state index is 0.236. The first-order chi connectivity index (χ1) is 15.5. The molecule has 0 aromatic heterocycles. The molecular formula is C23H22F4N2O2S2. The molecule has 3 rings (SSSR count). The Morgan fingerprint density at radius 2 is 1.85 bits per heavy atom. The van der Waals surface area contributed by atoms with Crippen LogP contribution in [0.2, 0.25) is 0 Å². The Bertz CT molecular complexity index is 1180. The lowest BCUT2D eigenvalue weighted by Crippen LogP contribution is -2.40. The number of alkyl halides is 3.